The second kappa shape index (κ2) is 2.91. The Bertz CT molecular complexity index is 357. The third kappa shape index (κ3) is 1.24. The molecule has 1 aromatic rings. The average Bonchev–Trinajstić information content (AvgIpc) is 2.12. The fraction of sp³-hybridized carbons (Fsp3) is 0.500. The molecule has 1 aromatic heterocycles. The fourth-order valence-electron chi connectivity index (χ4n) is 1.55. The molecule has 0 saturated heterocycles. The summed E-state index contributed by atoms with van der Waals surface area (Å²) in [5.74, 6) is 0.927. The number of aromatic nitrogens is 2. The highest BCUT2D eigenvalue weighted by Gasteiger charge is 2.22. The van der Waals surface area contributed by atoms with Crippen LogP contribution < -0.4 is 0 Å². The highest BCUT2D eigenvalue weighted by Crippen LogP contribution is 2.34. The van der Waals surface area contributed by atoms with Crippen LogP contribution in [0.5, 0.6) is 0 Å². The summed E-state index contributed by atoms with van der Waals surface area (Å²) in [6, 6.07) is 0. The molecule has 1 aliphatic rings. The monoisotopic (exact) mass is 175 g/mol. The maximum atomic E-state index is 4.37. The molecule has 0 fully saturated rings. The summed E-state index contributed by atoms with van der Waals surface area (Å²) in [7, 11) is 0. The Kier molecular flexibility index (Phi) is 1.87. The predicted octanol–water partition coefficient (Wildman–Crippen LogP) is 2.24. The first-order chi connectivity index (χ1) is 6.20. The molecule has 2 rings (SSSR count). The maximum absolute atomic E-state index is 4.37. The minimum absolute atomic E-state index is 0.453. The average molecular weight is 175 g/mol. The molecule has 0 radical (unpaired) electrons. The summed E-state index contributed by atoms with van der Waals surface area (Å²) in [6.07, 6.45) is 3.61. The third-order valence-corrected chi connectivity index (χ3v) is 2.69. The summed E-state index contributed by atoms with van der Waals surface area (Å²) >= 11 is 0. The van der Waals surface area contributed by atoms with E-state index in [9.17, 15) is 0 Å². The molecule has 3 heteroatoms. The van der Waals surface area contributed by atoms with Crippen molar-refractivity contribution in [2.45, 2.75) is 26.7 Å². The van der Waals surface area contributed by atoms with Gasteiger partial charge in [-0.2, -0.15) is 0 Å². The fourth-order valence-corrected chi connectivity index (χ4v) is 1.55. The molecular formula is C10H13N3. The maximum Gasteiger partial charge on any atom is 0.116 e. The van der Waals surface area contributed by atoms with Crippen molar-refractivity contribution < 1.29 is 0 Å². The van der Waals surface area contributed by atoms with Gasteiger partial charge in [-0.05, 0) is 12.8 Å². The van der Waals surface area contributed by atoms with Crippen LogP contribution in [0.3, 0.4) is 0 Å². The Hall–Kier alpha value is -1.25. The van der Waals surface area contributed by atoms with Gasteiger partial charge in [-0.1, -0.05) is 13.8 Å². The first kappa shape index (κ1) is 8.35. The summed E-state index contributed by atoms with van der Waals surface area (Å²) < 4.78 is 0. The number of aliphatic imine (C=N–C) groups is 1. The van der Waals surface area contributed by atoms with Gasteiger partial charge in [0.25, 0.3) is 0 Å². The number of aryl methyl sites for hydroxylation is 1. The van der Waals surface area contributed by atoms with Gasteiger partial charge in [0.1, 0.15) is 12.0 Å². The Morgan fingerprint density at radius 3 is 2.77 bits per heavy atom. The van der Waals surface area contributed by atoms with Crippen molar-refractivity contribution >= 4 is 11.9 Å². The Labute approximate surface area is 77.9 Å². The smallest absolute Gasteiger partial charge is 0.116 e. The highest BCUT2D eigenvalue weighted by molar-refractivity contribution is 5.72. The van der Waals surface area contributed by atoms with Crippen molar-refractivity contribution in [2.24, 2.45) is 10.9 Å². The van der Waals surface area contributed by atoms with Crippen LogP contribution in [0.1, 0.15) is 31.2 Å². The van der Waals surface area contributed by atoms with Crippen molar-refractivity contribution in [3.8, 4) is 0 Å². The number of hydrogen-bond acceptors (Lipinski definition) is 3. The number of fused-ring (bicyclic) bond motifs is 1. The molecule has 0 saturated carbocycles. The van der Waals surface area contributed by atoms with E-state index in [4.69, 9.17) is 0 Å². The molecule has 0 amide bonds. The molecule has 0 spiro atoms. The lowest BCUT2D eigenvalue weighted by atomic mass is 9.90. The molecule has 2 atom stereocenters. The second-order valence-electron chi connectivity index (χ2n) is 3.62. The van der Waals surface area contributed by atoms with Crippen molar-refractivity contribution in [3.05, 3.63) is 17.7 Å². The molecule has 2 heterocycles. The van der Waals surface area contributed by atoms with Crippen LogP contribution in [0.4, 0.5) is 5.69 Å². The van der Waals surface area contributed by atoms with Crippen LogP contribution in [0.2, 0.25) is 0 Å². The van der Waals surface area contributed by atoms with E-state index in [1.807, 2.05) is 13.1 Å². The quantitative estimate of drug-likeness (QED) is 0.606. The first-order valence-corrected chi connectivity index (χ1v) is 4.56. The molecule has 0 aromatic carbocycles. The lowest BCUT2D eigenvalue weighted by Crippen LogP contribution is -2.14. The molecule has 0 bridgehead atoms. The summed E-state index contributed by atoms with van der Waals surface area (Å²) in [4.78, 5) is 12.8. The van der Waals surface area contributed by atoms with Gasteiger partial charge in [-0.3, -0.25) is 4.99 Å². The first-order valence-electron chi connectivity index (χ1n) is 4.56. The molecule has 13 heavy (non-hydrogen) atoms. The van der Waals surface area contributed by atoms with Crippen LogP contribution in [0, 0.1) is 12.8 Å². The van der Waals surface area contributed by atoms with Gasteiger partial charge in [-0.15, -0.1) is 0 Å². The van der Waals surface area contributed by atoms with Crippen LogP contribution in [-0.2, 0) is 0 Å². The number of hydrogen-bond donors (Lipinski definition) is 0. The van der Waals surface area contributed by atoms with Gasteiger partial charge in [0.15, 0.2) is 0 Å². The van der Waals surface area contributed by atoms with Crippen molar-refractivity contribution in [3.63, 3.8) is 0 Å². The van der Waals surface area contributed by atoms with E-state index >= 15 is 0 Å². The SMILES string of the molecule is Cc1ncnc2c1N=CC(C)C2C. The minimum atomic E-state index is 0.453. The van der Waals surface area contributed by atoms with Gasteiger partial charge in [0.2, 0.25) is 0 Å². The normalized spacial score (nSPS) is 25.8. The van der Waals surface area contributed by atoms with Crippen LogP contribution in [0.15, 0.2) is 11.3 Å². The molecule has 68 valence electrons. The van der Waals surface area contributed by atoms with Crippen molar-refractivity contribution in [1.82, 2.24) is 9.97 Å². The van der Waals surface area contributed by atoms with E-state index in [1.165, 1.54) is 0 Å². The molecule has 0 N–H and O–H groups in total. The van der Waals surface area contributed by atoms with Gasteiger partial charge in [0.05, 0.1) is 11.4 Å². The lowest BCUT2D eigenvalue weighted by Gasteiger charge is -2.21. The zero-order chi connectivity index (χ0) is 9.42. The molecule has 2 unspecified atom stereocenters. The van der Waals surface area contributed by atoms with Crippen LogP contribution in [0.25, 0.3) is 0 Å². The van der Waals surface area contributed by atoms with E-state index < -0.39 is 0 Å². The standard InChI is InChI=1S/C10H13N3/c1-6-4-11-10-8(3)12-5-13-9(10)7(6)2/h4-7H,1-3H3. The van der Waals surface area contributed by atoms with Crippen molar-refractivity contribution in [1.29, 1.82) is 0 Å². The predicted molar refractivity (Wildman–Crippen MR) is 52.5 cm³/mol. The second-order valence-corrected chi connectivity index (χ2v) is 3.62. The Morgan fingerprint density at radius 2 is 2.00 bits per heavy atom. The molecule has 0 aliphatic carbocycles. The van der Waals surface area contributed by atoms with E-state index in [0.717, 1.165) is 17.1 Å². The molecule has 1 aliphatic heterocycles. The lowest BCUT2D eigenvalue weighted by molar-refractivity contribution is 0.605. The summed E-state index contributed by atoms with van der Waals surface area (Å²) in [5.41, 5.74) is 3.02. The van der Waals surface area contributed by atoms with E-state index in [1.54, 1.807) is 6.33 Å². The van der Waals surface area contributed by atoms with Crippen LogP contribution >= 0.6 is 0 Å². The topological polar surface area (TPSA) is 38.1 Å². The number of rotatable bonds is 0. The zero-order valence-electron chi connectivity index (χ0n) is 8.15. The largest absolute Gasteiger partial charge is 0.257 e. The Morgan fingerprint density at radius 1 is 1.23 bits per heavy atom. The van der Waals surface area contributed by atoms with Gasteiger partial charge in [-0.25, -0.2) is 9.97 Å². The minimum Gasteiger partial charge on any atom is -0.257 e. The summed E-state index contributed by atoms with van der Waals surface area (Å²) in [6.45, 7) is 6.32. The van der Waals surface area contributed by atoms with E-state index in [-0.39, 0.29) is 0 Å². The van der Waals surface area contributed by atoms with Gasteiger partial charge < -0.3 is 0 Å². The third-order valence-electron chi connectivity index (χ3n) is 2.69. The Balaban J connectivity index is 2.58. The molecular weight excluding hydrogens is 162 g/mol. The highest BCUT2D eigenvalue weighted by atomic mass is 14.9. The zero-order valence-corrected chi connectivity index (χ0v) is 8.15. The van der Waals surface area contributed by atoms with E-state index in [2.05, 4.69) is 28.8 Å². The van der Waals surface area contributed by atoms with Gasteiger partial charge >= 0.3 is 0 Å². The van der Waals surface area contributed by atoms with Gasteiger partial charge in [0, 0.05) is 12.1 Å². The van der Waals surface area contributed by atoms with Crippen LogP contribution in [-0.4, -0.2) is 16.2 Å². The number of nitrogens with zero attached hydrogens (tertiary/aromatic N) is 3. The summed E-state index contributed by atoms with van der Waals surface area (Å²) in [5, 5.41) is 0. The van der Waals surface area contributed by atoms with Crippen molar-refractivity contribution in [2.75, 3.05) is 0 Å². The van der Waals surface area contributed by atoms with E-state index in [0.29, 0.717) is 11.8 Å². The molecule has 3 nitrogen and oxygen atoms in total.